The van der Waals surface area contributed by atoms with Gasteiger partial charge >= 0.3 is 0 Å². The number of fused-ring (bicyclic) bond motifs is 1. The van der Waals surface area contributed by atoms with Crippen LogP contribution in [-0.2, 0) is 9.59 Å². The Bertz CT molecular complexity index is 911. The maximum Gasteiger partial charge on any atom is 0.266 e. The van der Waals surface area contributed by atoms with Crippen LogP contribution < -0.4 is 10.2 Å². The molecule has 2 aromatic rings. The van der Waals surface area contributed by atoms with E-state index in [1.165, 1.54) is 37.0 Å². The molecule has 1 saturated carbocycles. The summed E-state index contributed by atoms with van der Waals surface area (Å²) in [4.78, 5) is 27.5. The zero-order valence-corrected chi connectivity index (χ0v) is 18.0. The largest absolute Gasteiger partial charge is 0.331 e. The van der Waals surface area contributed by atoms with E-state index in [2.05, 4.69) is 5.32 Å². The molecule has 2 aromatic carbocycles. The van der Waals surface area contributed by atoms with Crippen molar-refractivity contribution in [3.8, 4) is 0 Å². The van der Waals surface area contributed by atoms with E-state index in [9.17, 15) is 14.8 Å². The number of carbonyl (C=O) groups is 2. The third-order valence-corrected chi connectivity index (χ3v) is 6.60. The van der Waals surface area contributed by atoms with Crippen molar-refractivity contribution in [1.82, 2.24) is 10.4 Å². The van der Waals surface area contributed by atoms with E-state index in [1.807, 2.05) is 54.6 Å². The highest BCUT2D eigenvalue weighted by Gasteiger charge is 2.40. The molecule has 1 heterocycles. The van der Waals surface area contributed by atoms with Gasteiger partial charge in [-0.25, -0.2) is 0 Å². The van der Waals surface area contributed by atoms with Crippen molar-refractivity contribution in [3.63, 3.8) is 0 Å². The van der Waals surface area contributed by atoms with Crippen LogP contribution >= 0.6 is 0 Å². The summed E-state index contributed by atoms with van der Waals surface area (Å²) in [5.74, 6) is 0.0205. The molecule has 2 amide bonds. The van der Waals surface area contributed by atoms with E-state index in [1.54, 1.807) is 7.05 Å². The molecule has 31 heavy (non-hydrogen) atoms. The molecule has 164 valence electrons. The van der Waals surface area contributed by atoms with Gasteiger partial charge in [0, 0.05) is 19.2 Å². The summed E-state index contributed by atoms with van der Waals surface area (Å²) in [6.45, 7) is 0. The minimum Gasteiger partial charge on any atom is -0.331 e. The Morgan fingerprint density at radius 3 is 2.45 bits per heavy atom. The second-order valence-corrected chi connectivity index (χ2v) is 8.66. The lowest BCUT2D eigenvalue weighted by Crippen LogP contribution is -2.55. The van der Waals surface area contributed by atoms with Crippen LogP contribution in [0.5, 0.6) is 0 Å². The van der Waals surface area contributed by atoms with Crippen LogP contribution in [-0.4, -0.2) is 35.3 Å². The molecule has 2 atom stereocenters. The van der Waals surface area contributed by atoms with Crippen LogP contribution in [0.15, 0.2) is 54.6 Å². The summed E-state index contributed by atoms with van der Waals surface area (Å²) in [6, 6.07) is 16.5. The van der Waals surface area contributed by atoms with Crippen LogP contribution in [0.3, 0.4) is 0 Å². The number of hydrogen-bond donors (Lipinski definition) is 2. The Balaban J connectivity index is 1.58. The van der Waals surface area contributed by atoms with Crippen LogP contribution in [0, 0.1) is 5.92 Å². The van der Waals surface area contributed by atoms with Crippen molar-refractivity contribution < 1.29 is 14.8 Å². The third kappa shape index (κ3) is 4.65. The SMILES string of the molecule is CN1C(=O)[C@H](NC(=O)CCC2CCCCC2)N(O)C(c2ccccc2)c2ccccc21. The van der Waals surface area contributed by atoms with Gasteiger partial charge in [0.15, 0.2) is 6.17 Å². The van der Waals surface area contributed by atoms with Gasteiger partial charge in [0.05, 0.1) is 6.04 Å². The van der Waals surface area contributed by atoms with Gasteiger partial charge in [0.1, 0.15) is 0 Å². The Morgan fingerprint density at radius 1 is 1.03 bits per heavy atom. The molecule has 0 aromatic heterocycles. The first-order valence-electron chi connectivity index (χ1n) is 11.2. The van der Waals surface area contributed by atoms with Crippen LogP contribution in [0.4, 0.5) is 5.69 Å². The molecule has 1 unspecified atom stereocenters. The van der Waals surface area contributed by atoms with Gasteiger partial charge in [-0.1, -0.05) is 80.6 Å². The van der Waals surface area contributed by atoms with E-state index in [0.29, 0.717) is 12.3 Å². The van der Waals surface area contributed by atoms with E-state index in [4.69, 9.17) is 0 Å². The fourth-order valence-electron chi connectivity index (χ4n) is 4.86. The highest BCUT2D eigenvalue weighted by atomic mass is 16.5. The summed E-state index contributed by atoms with van der Waals surface area (Å²) in [7, 11) is 1.68. The molecule has 0 radical (unpaired) electrons. The number of rotatable bonds is 5. The maximum absolute atomic E-state index is 13.2. The van der Waals surface area contributed by atoms with Crippen molar-refractivity contribution in [2.75, 3.05) is 11.9 Å². The van der Waals surface area contributed by atoms with Crippen LogP contribution in [0.2, 0.25) is 0 Å². The van der Waals surface area contributed by atoms with Gasteiger partial charge < -0.3 is 15.4 Å². The minimum atomic E-state index is -1.15. The first kappa shape index (κ1) is 21.5. The molecule has 6 nitrogen and oxygen atoms in total. The van der Waals surface area contributed by atoms with Crippen molar-refractivity contribution >= 4 is 17.5 Å². The highest BCUT2D eigenvalue weighted by molar-refractivity contribution is 6.00. The fraction of sp³-hybridized carbons (Fsp3) is 0.440. The summed E-state index contributed by atoms with van der Waals surface area (Å²) in [5.41, 5.74) is 2.38. The molecule has 2 aliphatic rings. The smallest absolute Gasteiger partial charge is 0.266 e. The lowest BCUT2D eigenvalue weighted by atomic mass is 9.86. The van der Waals surface area contributed by atoms with Crippen molar-refractivity contribution in [2.24, 2.45) is 5.92 Å². The lowest BCUT2D eigenvalue weighted by Gasteiger charge is -2.31. The van der Waals surface area contributed by atoms with E-state index in [0.717, 1.165) is 28.3 Å². The number of hydrogen-bond acceptors (Lipinski definition) is 4. The van der Waals surface area contributed by atoms with Gasteiger partial charge in [0.25, 0.3) is 5.91 Å². The number of hydroxylamine groups is 2. The summed E-state index contributed by atoms with van der Waals surface area (Å²) in [5, 5.41) is 15.0. The Hall–Kier alpha value is -2.70. The fourth-order valence-corrected chi connectivity index (χ4v) is 4.86. The number of carbonyl (C=O) groups excluding carboxylic acids is 2. The molecule has 0 bridgehead atoms. The summed E-state index contributed by atoms with van der Waals surface area (Å²) >= 11 is 0. The molecular formula is C25H31N3O3. The zero-order chi connectivity index (χ0) is 21.8. The molecule has 6 heteroatoms. The average Bonchev–Trinajstić information content (AvgIpc) is 2.88. The third-order valence-electron chi connectivity index (χ3n) is 6.60. The van der Waals surface area contributed by atoms with Gasteiger partial charge in [-0.3, -0.25) is 9.59 Å². The number of nitrogens with one attached hydrogen (secondary N) is 1. The topological polar surface area (TPSA) is 72.9 Å². The molecular weight excluding hydrogens is 390 g/mol. The first-order chi connectivity index (χ1) is 15.1. The molecule has 0 saturated heterocycles. The number of para-hydroxylation sites is 1. The van der Waals surface area contributed by atoms with Crippen LogP contribution in [0.25, 0.3) is 0 Å². The molecule has 4 rings (SSSR count). The number of likely N-dealkylation sites (N-methyl/N-ethyl adjacent to an activating group) is 1. The van der Waals surface area contributed by atoms with Crippen molar-refractivity contribution in [3.05, 3.63) is 65.7 Å². The Kier molecular flexibility index (Phi) is 6.68. The second kappa shape index (κ2) is 9.62. The van der Waals surface area contributed by atoms with Crippen molar-refractivity contribution in [2.45, 2.75) is 57.2 Å². The number of amides is 2. The maximum atomic E-state index is 13.2. The number of anilines is 1. The summed E-state index contributed by atoms with van der Waals surface area (Å²) < 4.78 is 0. The number of benzene rings is 2. The zero-order valence-electron chi connectivity index (χ0n) is 18.0. The van der Waals surface area contributed by atoms with Gasteiger partial charge in [-0.2, -0.15) is 0 Å². The second-order valence-electron chi connectivity index (χ2n) is 8.66. The normalized spacial score (nSPS) is 22.6. The average molecular weight is 422 g/mol. The predicted molar refractivity (Wildman–Crippen MR) is 120 cm³/mol. The van der Waals surface area contributed by atoms with E-state index in [-0.39, 0.29) is 11.8 Å². The Morgan fingerprint density at radius 2 is 1.71 bits per heavy atom. The van der Waals surface area contributed by atoms with E-state index < -0.39 is 12.2 Å². The monoisotopic (exact) mass is 421 g/mol. The molecule has 1 aliphatic carbocycles. The van der Waals surface area contributed by atoms with Crippen LogP contribution in [0.1, 0.15) is 62.1 Å². The van der Waals surface area contributed by atoms with Gasteiger partial charge in [0.2, 0.25) is 5.91 Å². The number of nitrogens with zero attached hydrogens (tertiary/aromatic N) is 2. The molecule has 0 spiro atoms. The summed E-state index contributed by atoms with van der Waals surface area (Å²) in [6.07, 6.45) is 6.16. The van der Waals surface area contributed by atoms with Gasteiger partial charge in [-0.05, 0) is 29.5 Å². The first-order valence-corrected chi connectivity index (χ1v) is 11.2. The standard InChI is InChI=1S/C25H31N3O3/c1-27-21-15-9-8-14-20(21)23(19-12-6-3-7-13-19)28(31)24(25(27)30)26-22(29)17-16-18-10-4-2-5-11-18/h3,6-9,12-15,18,23-24,31H,2,4-5,10-11,16-17H2,1H3,(H,26,29)/t23?,24-/m1/s1. The highest BCUT2D eigenvalue weighted by Crippen LogP contribution is 2.37. The minimum absolute atomic E-state index is 0.200. The van der Waals surface area contributed by atoms with E-state index >= 15 is 0 Å². The quantitative estimate of drug-likeness (QED) is 0.757. The van der Waals surface area contributed by atoms with Gasteiger partial charge in [-0.15, -0.1) is 5.06 Å². The molecule has 1 fully saturated rings. The molecule has 2 N–H and O–H groups in total. The molecule has 1 aliphatic heterocycles. The van der Waals surface area contributed by atoms with Crippen molar-refractivity contribution in [1.29, 1.82) is 0 Å². The Labute approximate surface area is 183 Å². The predicted octanol–water partition coefficient (Wildman–Crippen LogP) is 4.25. The lowest BCUT2D eigenvalue weighted by molar-refractivity contribution is -0.173.